The number of nitrogens with one attached hydrogen (secondary N) is 1. The molecule has 6 aromatic rings. The summed E-state index contributed by atoms with van der Waals surface area (Å²) in [7, 11) is 1.71. The summed E-state index contributed by atoms with van der Waals surface area (Å²) in [4.78, 5) is 26.9. The SMILES string of the molecule is CN(C(=O)OCc1ccccc1)c1ccc2c(c1)c1cc(NCC(=O)OCc3ccccc3)ccc1n2-c1ccccc1. The lowest BCUT2D eigenvalue weighted by Gasteiger charge is -2.17. The highest BCUT2D eigenvalue weighted by molar-refractivity contribution is 6.11. The van der Waals surface area contributed by atoms with Crippen LogP contribution in [0.1, 0.15) is 11.1 Å². The molecule has 0 aliphatic carbocycles. The van der Waals surface area contributed by atoms with Gasteiger partial charge in [-0.05, 0) is 59.7 Å². The number of amides is 1. The Hall–Kier alpha value is -5.56. The maximum atomic E-state index is 12.9. The van der Waals surface area contributed by atoms with Gasteiger partial charge in [-0.25, -0.2) is 4.79 Å². The molecule has 0 bridgehead atoms. The third-order valence-corrected chi connectivity index (χ3v) is 7.31. The van der Waals surface area contributed by atoms with Crippen molar-refractivity contribution in [1.29, 1.82) is 0 Å². The lowest BCUT2D eigenvalue weighted by atomic mass is 10.1. The van der Waals surface area contributed by atoms with Crippen LogP contribution >= 0.6 is 0 Å². The molecule has 6 rings (SSSR count). The van der Waals surface area contributed by atoms with E-state index < -0.39 is 6.09 Å². The first-order chi connectivity index (χ1) is 21.1. The number of aromatic nitrogens is 1. The van der Waals surface area contributed by atoms with Gasteiger partial charge in [-0.1, -0.05) is 78.9 Å². The van der Waals surface area contributed by atoms with E-state index in [0.29, 0.717) is 5.69 Å². The van der Waals surface area contributed by atoms with Crippen molar-refractivity contribution in [2.45, 2.75) is 13.2 Å². The maximum Gasteiger partial charge on any atom is 0.414 e. The van der Waals surface area contributed by atoms with E-state index in [1.807, 2.05) is 115 Å². The molecular weight excluding hydrogens is 538 g/mol. The number of esters is 1. The van der Waals surface area contributed by atoms with Gasteiger partial charge in [-0.15, -0.1) is 0 Å². The summed E-state index contributed by atoms with van der Waals surface area (Å²) >= 11 is 0. The molecular formula is C36H31N3O4. The number of ether oxygens (including phenoxy) is 2. The van der Waals surface area contributed by atoms with E-state index in [-0.39, 0.29) is 25.7 Å². The highest BCUT2D eigenvalue weighted by Crippen LogP contribution is 2.36. The van der Waals surface area contributed by atoms with Crippen LogP contribution in [0.3, 0.4) is 0 Å². The number of hydrogen-bond acceptors (Lipinski definition) is 5. The van der Waals surface area contributed by atoms with Crippen molar-refractivity contribution in [3.05, 3.63) is 139 Å². The third kappa shape index (κ3) is 6.21. The standard InChI is InChI=1S/C36H31N3O4/c1-38(36(41)43-25-27-13-7-3-8-14-27)30-18-20-34-32(22-30)31-21-28(17-19-33(31)39(34)29-15-9-4-10-16-29)37-23-35(40)42-24-26-11-5-2-6-12-26/h2-22,37H,23-25H2,1H3. The predicted octanol–water partition coefficient (Wildman–Crippen LogP) is 7.71. The van der Waals surface area contributed by atoms with Crippen LogP contribution in [0.2, 0.25) is 0 Å². The molecule has 0 saturated carbocycles. The first kappa shape index (κ1) is 27.6. The van der Waals surface area contributed by atoms with E-state index >= 15 is 0 Å². The summed E-state index contributed by atoms with van der Waals surface area (Å²) in [5.74, 6) is -0.339. The Labute approximate surface area is 249 Å². The fourth-order valence-corrected chi connectivity index (χ4v) is 5.07. The molecule has 0 unspecified atom stereocenters. The molecule has 7 nitrogen and oxygen atoms in total. The van der Waals surface area contributed by atoms with E-state index in [1.165, 1.54) is 4.90 Å². The molecule has 0 aliphatic heterocycles. The molecule has 43 heavy (non-hydrogen) atoms. The summed E-state index contributed by atoms with van der Waals surface area (Å²) < 4.78 is 13.2. The molecule has 0 spiro atoms. The third-order valence-electron chi connectivity index (χ3n) is 7.31. The summed E-state index contributed by atoms with van der Waals surface area (Å²) in [6.07, 6.45) is -0.439. The number of hydrogen-bond donors (Lipinski definition) is 1. The Bertz CT molecular complexity index is 1870. The molecule has 1 aromatic heterocycles. The lowest BCUT2D eigenvalue weighted by molar-refractivity contribution is -0.142. The number of para-hydroxylation sites is 1. The topological polar surface area (TPSA) is 72.8 Å². The van der Waals surface area contributed by atoms with Crippen molar-refractivity contribution >= 4 is 45.2 Å². The molecule has 0 aliphatic rings. The van der Waals surface area contributed by atoms with E-state index in [1.54, 1.807) is 7.05 Å². The minimum absolute atomic E-state index is 0.0386. The minimum Gasteiger partial charge on any atom is -0.460 e. The number of carbonyl (C=O) groups is 2. The van der Waals surface area contributed by atoms with Crippen LogP contribution in [0.4, 0.5) is 16.2 Å². The van der Waals surface area contributed by atoms with Crippen molar-refractivity contribution in [2.75, 3.05) is 23.8 Å². The molecule has 0 fully saturated rings. The minimum atomic E-state index is -0.439. The fraction of sp³-hybridized carbons (Fsp3) is 0.111. The first-order valence-electron chi connectivity index (χ1n) is 14.1. The lowest BCUT2D eigenvalue weighted by Crippen LogP contribution is -2.26. The number of nitrogens with zero attached hydrogens (tertiary/aromatic N) is 2. The van der Waals surface area contributed by atoms with Gasteiger partial charge in [0, 0.05) is 34.9 Å². The van der Waals surface area contributed by atoms with E-state index in [4.69, 9.17) is 9.47 Å². The number of rotatable bonds is 9. The number of anilines is 2. The van der Waals surface area contributed by atoms with Gasteiger partial charge in [0.15, 0.2) is 0 Å². The monoisotopic (exact) mass is 569 g/mol. The van der Waals surface area contributed by atoms with Gasteiger partial charge in [0.1, 0.15) is 19.8 Å². The second-order valence-corrected chi connectivity index (χ2v) is 10.2. The highest BCUT2D eigenvalue weighted by atomic mass is 16.6. The maximum absolute atomic E-state index is 12.9. The fourth-order valence-electron chi connectivity index (χ4n) is 5.07. The Morgan fingerprint density at radius 2 is 1.23 bits per heavy atom. The molecule has 1 N–H and O–H groups in total. The van der Waals surface area contributed by atoms with Crippen LogP contribution in [-0.4, -0.2) is 30.2 Å². The molecule has 5 aromatic carbocycles. The van der Waals surface area contributed by atoms with Crippen molar-refractivity contribution < 1.29 is 19.1 Å². The van der Waals surface area contributed by atoms with Crippen LogP contribution < -0.4 is 10.2 Å². The molecule has 0 radical (unpaired) electrons. The van der Waals surface area contributed by atoms with Gasteiger partial charge >= 0.3 is 12.1 Å². The van der Waals surface area contributed by atoms with Crippen molar-refractivity contribution in [3.8, 4) is 5.69 Å². The van der Waals surface area contributed by atoms with E-state index in [9.17, 15) is 9.59 Å². The quantitative estimate of drug-likeness (QED) is 0.181. The van der Waals surface area contributed by atoms with Gasteiger partial charge in [0.2, 0.25) is 0 Å². The van der Waals surface area contributed by atoms with E-state index in [0.717, 1.165) is 44.3 Å². The summed E-state index contributed by atoms with van der Waals surface area (Å²) in [6.45, 7) is 0.467. The summed E-state index contributed by atoms with van der Waals surface area (Å²) in [6, 6.07) is 41.3. The van der Waals surface area contributed by atoms with Gasteiger partial charge in [-0.2, -0.15) is 0 Å². The highest BCUT2D eigenvalue weighted by Gasteiger charge is 2.18. The zero-order valence-electron chi connectivity index (χ0n) is 23.8. The summed E-state index contributed by atoms with van der Waals surface area (Å²) in [5.41, 5.74) is 6.39. The molecule has 0 atom stereocenters. The Morgan fingerprint density at radius 1 is 0.674 bits per heavy atom. The average molecular weight is 570 g/mol. The normalized spacial score (nSPS) is 10.9. The second kappa shape index (κ2) is 12.5. The van der Waals surface area contributed by atoms with Gasteiger partial charge < -0.3 is 19.4 Å². The molecule has 214 valence electrons. The van der Waals surface area contributed by atoms with Gasteiger partial charge in [0.25, 0.3) is 0 Å². The number of fused-ring (bicyclic) bond motifs is 3. The Morgan fingerprint density at radius 3 is 1.88 bits per heavy atom. The van der Waals surface area contributed by atoms with Gasteiger partial charge in [0.05, 0.1) is 11.0 Å². The smallest absolute Gasteiger partial charge is 0.414 e. The molecule has 1 amide bonds. The Kier molecular flexibility index (Phi) is 8.04. The number of carbonyl (C=O) groups excluding carboxylic acids is 2. The van der Waals surface area contributed by atoms with Crippen molar-refractivity contribution in [1.82, 2.24) is 4.57 Å². The van der Waals surface area contributed by atoms with Crippen LogP contribution in [0.25, 0.3) is 27.5 Å². The predicted molar refractivity (Wildman–Crippen MR) is 171 cm³/mol. The zero-order valence-corrected chi connectivity index (χ0v) is 23.8. The van der Waals surface area contributed by atoms with Crippen molar-refractivity contribution in [2.24, 2.45) is 0 Å². The molecule has 7 heteroatoms. The van der Waals surface area contributed by atoms with Crippen LogP contribution in [0.15, 0.2) is 127 Å². The molecule has 1 heterocycles. The number of benzene rings is 5. The largest absolute Gasteiger partial charge is 0.460 e. The van der Waals surface area contributed by atoms with Crippen LogP contribution in [0.5, 0.6) is 0 Å². The zero-order chi connectivity index (χ0) is 29.6. The van der Waals surface area contributed by atoms with Crippen LogP contribution in [0, 0.1) is 0 Å². The molecule has 0 saturated heterocycles. The van der Waals surface area contributed by atoms with Gasteiger partial charge in [-0.3, -0.25) is 9.69 Å². The summed E-state index contributed by atoms with van der Waals surface area (Å²) in [5, 5.41) is 5.15. The van der Waals surface area contributed by atoms with Crippen molar-refractivity contribution in [3.63, 3.8) is 0 Å². The first-order valence-corrected chi connectivity index (χ1v) is 14.1. The second-order valence-electron chi connectivity index (χ2n) is 10.2. The average Bonchev–Trinajstić information content (AvgIpc) is 3.39. The Balaban J connectivity index is 1.27. The van der Waals surface area contributed by atoms with E-state index in [2.05, 4.69) is 22.0 Å². The van der Waals surface area contributed by atoms with Crippen LogP contribution in [-0.2, 0) is 27.5 Å².